The summed E-state index contributed by atoms with van der Waals surface area (Å²) in [6, 6.07) is 25.2. The normalized spacial score (nSPS) is 18.5. The van der Waals surface area contributed by atoms with Crippen molar-refractivity contribution in [2.24, 2.45) is 5.92 Å². The van der Waals surface area contributed by atoms with Gasteiger partial charge in [-0.05, 0) is 79.3 Å². The number of fused-ring (bicyclic) bond motifs is 1. The molecule has 1 heterocycles. The molecule has 0 saturated heterocycles. The first-order valence-electron chi connectivity index (χ1n) is 14.7. The van der Waals surface area contributed by atoms with E-state index in [1.807, 2.05) is 55.7 Å². The highest BCUT2D eigenvalue weighted by atomic mass is 16.5. The molecule has 3 N–H and O–H groups in total. The molecule has 3 unspecified atom stereocenters. The van der Waals surface area contributed by atoms with Gasteiger partial charge in [0.15, 0.2) is 12.1 Å². The van der Waals surface area contributed by atoms with Gasteiger partial charge in [-0.3, -0.25) is 9.78 Å². The van der Waals surface area contributed by atoms with Gasteiger partial charge in [0, 0.05) is 41.4 Å². The number of hydrogen-bond acceptors (Lipinski definition) is 6. The first kappa shape index (κ1) is 28.9. The Labute approximate surface area is 242 Å². The smallest absolute Gasteiger partial charge is 0.178 e. The third-order valence-corrected chi connectivity index (χ3v) is 8.42. The summed E-state index contributed by atoms with van der Waals surface area (Å²) in [6.45, 7) is 0.624. The maximum atomic E-state index is 13.1. The number of ketones is 1. The molecule has 1 aliphatic rings. The van der Waals surface area contributed by atoms with Gasteiger partial charge in [-0.2, -0.15) is 0 Å². The first-order chi connectivity index (χ1) is 20.0. The Bertz CT molecular complexity index is 1440. The van der Waals surface area contributed by atoms with Crippen LogP contribution in [-0.4, -0.2) is 34.6 Å². The maximum Gasteiger partial charge on any atom is 0.178 e. The molecule has 5 rings (SSSR count). The van der Waals surface area contributed by atoms with Crippen LogP contribution in [0.2, 0.25) is 0 Å². The van der Waals surface area contributed by atoms with Crippen LogP contribution in [0.25, 0.3) is 10.8 Å². The van der Waals surface area contributed by atoms with Gasteiger partial charge in [0.05, 0.1) is 6.61 Å². The van der Waals surface area contributed by atoms with Crippen LogP contribution >= 0.6 is 0 Å². The predicted octanol–water partition coefficient (Wildman–Crippen LogP) is 6.88. The maximum absolute atomic E-state index is 13.1. The van der Waals surface area contributed by atoms with Crippen molar-refractivity contribution >= 4 is 16.6 Å². The topological polar surface area (TPSA) is 91.7 Å². The summed E-state index contributed by atoms with van der Waals surface area (Å²) in [7, 11) is 1.89. The zero-order chi connectivity index (χ0) is 28.6. The standard InChI is InChI=1S/C35H40N2O4/c1-36-33(21-34(38)28-16-15-25-8-4-5-10-27(25)19-28)30-17-18-32(37-22-30)26-9-3-2-7-24(13-14-26)23-41-31-12-6-11-29(20-31)35(39)40/h4-6,8,10-12,15-20,22,24,26,33,35-36,39-40H,2-3,7,9,13-14,21,23H2,1H3. The zero-order valence-corrected chi connectivity index (χ0v) is 23.7. The Balaban J connectivity index is 1.18. The number of carbonyl (C=O) groups is 1. The molecule has 6 nitrogen and oxygen atoms in total. The van der Waals surface area contributed by atoms with E-state index in [9.17, 15) is 15.0 Å². The largest absolute Gasteiger partial charge is 0.493 e. The number of nitrogens with one attached hydrogen (secondary N) is 1. The van der Waals surface area contributed by atoms with Crippen LogP contribution in [0.1, 0.15) is 90.4 Å². The van der Waals surface area contributed by atoms with Gasteiger partial charge in [-0.25, -0.2) is 0 Å². The number of pyridine rings is 1. The number of carbonyl (C=O) groups excluding carboxylic acids is 1. The lowest BCUT2D eigenvalue weighted by Gasteiger charge is -2.25. The number of rotatable bonds is 10. The molecule has 4 aromatic rings. The summed E-state index contributed by atoms with van der Waals surface area (Å²) in [5, 5.41) is 24.4. The quantitative estimate of drug-likeness (QED) is 0.147. The van der Waals surface area contributed by atoms with Crippen molar-refractivity contribution in [3.05, 3.63) is 107 Å². The Morgan fingerprint density at radius 2 is 1.73 bits per heavy atom. The van der Waals surface area contributed by atoms with Crippen LogP contribution in [0.5, 0.6) is 5.75 Å². The molecule has 41 heavy (non-hydrogen) atoms. The number of ether oxygens (including phenoxy) is 1. The monoisotopic (exact) mass is 552 g/mol. The van der Waals surface area contributed by atoms with E-state index in [1.165, 1.54) is 0 Å². The molecule has 0 spiro atoms. The molecule has 3 aromatic carbocycles. The van der Waals surface area contributed by atoms with Crippen LogP contribution in [0.15, 0.2) is 85.1 Å². The van der Waals surface area contributed by atoms with E-state index in [0.717, 1.165) is 66.1 Å². The summed E-state index contributed by atoms with van der Waals surface area (Å²) in [5.41, 5.74) is 3.32. The van der Waals surface area contributed by atoms with E-state index in [1.54, 1.807) is 18.2 Å². The summed E-state index contributed by atoms with van der Waals surface area (Å²) in [4.78, 5) is 18.0. The van der Waals surface area contributed by atoms with Gasteiger partial charge >= 0.3 is 0 Å². The Hall–Kier alpha value is -3.58. The van der Waals surface area contributed by atoms with Gasteiger partial charge in [0.25, 0.3) is 0 Å². The van der Waals surface area contributed by atoms with E-state index in [-0.39, 0.29) is 11.8 Å². The fourth-order valence-electron chi connectivity index (χ4n) is 5.91. The van der Waals surface area contributed by atoms with E-state index in [2.05, 4.69) is 23.5 Å². The molecule has 0 aliphatic heterocycles. The lowest BCUT2D eigenvalue weighted by Crippen LogP contribution is -2.20. The van der Waals surface area contributed by atoms with Crippen LogP contribution in [0.4, 0.5) is 0 Å². The number of benzene rings is 3. The highest BCUT2D eigenvalue weighted by molar-refractivity contribution is 6.00. The van der Waals surface area contributed by atoms with E-state index < -0.39 is 6.29 Å². The highest BCUT2D eigenvalue weighted by Crippen LogP contribution is 2.33. The molecular formula is C35H40N2O4. The van der Waals surface area contributed by atoms with Crippen LogP contribution in [0.3, 0.4) is 0 Å². The average Bonchev–Trinajstić information content (AvgIpc) is 2.99. The molecule has 0 radical (unpaired) electrons. The summed E-state index contributed by atoms with van der Waals surface area (Å²) in [5.74, 6) is 1.65. The van der Waals surface area contributed by atoms with Crippen molar-refractivity contribution in [3.63, 3.8) is 0 Å². The minimum atomic E-state index is -1.49. The van der Waals surface area contributed by atoms with Crippen molar-refractivity contribution in [2.45, 2.75) is 63.2 Å². The highest BCUT2D eigenvalue weighted by Gasteiger charge is 2.22. The molecule has 0 bridgehead atoms. The zero-order valence-electron chi connectivity index (χ0n) is 23.7. The van der Waals surface area contributed by atoms with Gasteiger partial charge < -0.3 is 20.3 Å². The van der Waals surface area contributed by atoms with Gasteiger partial charge in [0.1, 0.15) is 5.75 Å². The molecule has 1 fully saturated rings. The predicted molar refractivity (Wildman–Crippen MR) is 162 cm³/mol. The molecule has 214 valence electrons. The second-order valence-corrected chi connectivity index (χ2v) is 11.2. The van der Waals surface area contributed by atoms with Crippen molar-refractivity contribution in [2.75, 3.05) is 13.7 Å². The third-order valence-electron chi connectivity index (χ3n) is 8.42. The SMILES string of the molecule is CNC(CC(=O)c1ccc2ccccc2c1)c1ccc(C2CCCCC(COc3cccc(C(O)O)c3)CC2)nc1. The molecule has 3 atom stereocenters. The van der Waals surface area contributed by atoms with Gasteiger partial charge in [-0.1, -0.05) is 67.4 Å². The minimum Gasteiger partial charge on any atom is -0.493 e. The Morgan fingerprint density at radius 1 is 0.902 bits per heavy atom. The molecule has 0 amide bonds. The Kier molecular flexibility index (Phi) is 9.78. The van der Waals surface area contributed by atoms with E-state index in [4.69, 9.17) is 9.72 Å². The molecule has 1 aliphatic carbocycles. The molecule has 6 heteroatoms. The molecular weight excluding hydrogens is 512 g/mol. The average molecular weight is 553 g/mol. The van der Waals surface area contributed by atoms with Gasteiger partial charge in [-0.15, -0.1) is 0 Å². The fourth-order valence-corrected chi connectivity index (χ4v) is 5.91. The molecule has 1 saturated carbocycles. The van der Waals surface area contributed by atoms with Gasteiger partial charge in [0.2, 0.25) is 0 Å². The number of aliphatic hydroxyl groups is 2. The number of aromatic nitrogens is 1. The van der Waals surface area contributed by atoms with E-state index in [0.29, 0.717) is 36.2 Å². The number of hydrogen-bond donors (Lipinski definition) is 3. The number of nitrogens with zero attached hydrogens (tertiary/aromatic N) is 1. The first-order valence-corrected chi connectivity index (χ1v) is 14.7. The van der Waals surface area contributed by atoms with Crippen LogP contribution in [0, 0.1) is 5.92 Å². The van der Waals surface area contributed by atoms with Crippen LogP contribution in [-0.2, 0) is 0 Å². The number of Topliss-reactive ketones (excluding diaryl/α,β-unsaturated/α-hetero) is 1. The van der Waals surface area contributed by atoms with Crippen molar-refractivity contribution in [1.29, 1.82) is 0 Å². The molecule has 1 aromatic heterocycles. The Morgan fingerprint density at radius 3 is 2.51 bits per heavy atom. The lowest BCUT2D eigenvalue weighted by molar-refractivity contribution is -0.0426. The summed E-state index contributed by atoms with van der Waals surface area (Å²) >= 11 is 0. The second kappa shape index (κ2) is 13.9. The van der Waals surface area contributed by atoms with Crippen molar-refractivity contribution < 1.29 is 19.7 Å². The number of aliphatic hydroxyl groups excluding tert-OH is 1. The van der Waals surface area contributed by atoms with Crippen molar-refractivity contribution in [3.8, 4) is 5.75 Å². The van der Waals surface area contributed by atoms with Crippen molar-refractivity contribution in [1.82, 2.24) is 10.3 Å². The van der Waals surface area contributed by atoms with E-state index >= 15 is 0 Å². The fraction of sp³-hybridized carbons (Fsp3) is 0.371. The lowest BCUT2D eigenvalue weighted by atomic mass is 9.84. The van der Waals surface area contributed by atoms with Crippen LogP contribution < -0.4 is 10.1 Å². The summed E-state index contributed by atoms with van der Waals surface area (Å²) < 4.78 is 6.04. The minimum absolute atomic E-state index is 0.0974. The third kappa shape index (κ3) is 7.59. The summed E-state index contributed by atoms with van der Waals surface area (Å²) in [6.07, 6.45) is 7.54. The second-order valence-electron chi connectivity index (χ2n) is 11.2.